The summed E-state index contributed by atoms with van der Waals surface area (Å²) in [5.41, 5.74) is 0.870. The fourth-order valence-corrected chi connectivity index (χ4v) is 2.15. The first kappa shape index (κ1) is 14.0. The quantitative estimate of drug-likeness (QED) is 0.785. The van der Waals surface area contributed by atoms with Crippen molar-refractivity contribution in [1.82, 2.24) is 0 Å². The molecule has 6 heteroatoms. The van der Waals surface area contributed by atoms with Gasteiger partial charge in [-0.3, -0.25) is 0 Å². The number of benzene rings is 2. The topological polar surface area (TPSA) is 12.0 Å². The van der Waals surface area contributed by atoms with Crippen molar-refractivity contribution < 1.29 is 13.2 Å². The van der Waals surface area contributed by atoms with E-state index < -0.39 is 17.5 Å². The van der Waals surface area contributed by atoms with Gasteiger partial charge in [0.05, 0.1) is 0 Å². The second-order valence-electron chi connectivity index (χ2n) is 3.89. The van der Waals surface area contributed by atoms with Crippen molar-refractivity contribution in [1.29, 1.82) is 0 Å². The molecule has 19 heavy (non-hydrogen) atoms. The van der Waals surface area contributed by atoms with Crippen molar-refractivity contribution in [3.63, 3.8) is 0 Å². The van der Waals surface area contributed by atoms with Crippen molar-refractivity contribution in [2.45, 2.75) is 6.54 Å². The molecule has 0 aromatic heterocycles. The molecule has 2 rings (SSSR count). The van der Waals surface area contributed by atoms with Gasteiger partial charge in [0.2, 0.25) is 0 Å². The lowest BCUT2D eigenvalue weighted by molar-refractivity contribution is 0.447. The van der Waals surface area contributed by atoms with Crippen LogP contribution in [0.3, 0.4) is 0 Å². The molecule has 2 aromatic rings. The van der Waals surface area contributed by atoms with E-state index in [0.29, 0.717) is 10.0 Å². The van der Waals surface area contributed by atoms with Crippen LogP contribution in [0.25, 0.3) is 0 Å². The molecule has 0 spiro atoms. The monoisotopic (exact) mass is 305 g/mol. The van der Waals surface area contributed by atoms with Gasteiger partial charge >= 0.3 is 0 Å². The highest BCUT2D eigenvalue weighted by atomic mass is 35.5. The van der Waals surface area contributed by atoms with E-state index in [2.05, 4.69) is 5.32 Å². The lowest BCUT2D eigenvalue weighted by atomic mass is 10.2. The van der Waals surface area contributed by atoms with E-state index in [0.717, 1.165) is 17.7 Å². The van der Waals surface area contributed by atoms with Crippen LogP contribution in [0.4, 0.5) is 18.9 Å². The number of rotatable bonds is 3. The van der Waals surface area contributed by atoms with Gasteiger partial charge in [-0.1, -0.05) is 23.2 Å². The Balaban J connectivity index is 2.14. The molecule has 0 aliphatic heterocycles. The van der Waals surface area contributed by atoms with Crippen LogP contribution in [0.5, 0.6) is 0 Å². The molecule has 0 saturated heterocycles. The van der Waals surface area contributed by atoms with Crippen molar-refractivity contribution in [3.8, 4) is 0 Å². The third-order valence-electron chi connectivity index (χ3n) is 2.40. The fraction of sp³-hybridized carbons (Fsp3) is 0.0769. The molecule has 0 amide bonds. The smallest absolute Gasteiger partial charge is 0.194 e. The zero-order valence-corrected chi connectivity index (χ0v) is 11.0. The van der Waals surface area contributed by atoms with Crippen molar-refractivity contribution in [2.24, 2.45) is 0 Å². The molecule has 0 radical (unpaired) electrons. The van der Waals surface area contributed by atoms with E-state index in [1.807, 2.05) is 0 Å². The van der Waals surface area contributed by atoms with Gasteiger partial charge in [0, 0.05) is 34.4 Å². The zero-order valence-electron chi connectivity index (χ0n) is 9.48. The Kier molecular flexibility index (Phi) is 4.22. The Morgan fingerprint density at radius 3 is 1.89 bits per heavy atom. The highest BCUT2D eigenvalue weighted by Crippen LogP contribution is 2.21. The third-order valence-corrected chi connectivity index (χ3v) is 2.84. The molecule has 0 aliphatic carbocycles. The Hall–Kier alpha value is -1.39. The molecule has 0 aliphatic rings. The third kappa shape index (κ3) is 3.55. The molecule has 0 saturated carbocycles. The predicted molar refractivity (Wildman–Crippen MR) is 70.1 cm³/mol. The molecule has 0 bridgehead atoms. The summed E-state index contributed by atoms with van der Waals surface area (Å²) in [6, 6.07) is 6.66. The molecule has 1 N–H and O–H groups in total. The minimum absolute atomic E-state index is 0.132. The number of anilines is 1. The average Bonchev–Trinajstić information content (AvgIpc) is 2.32. The first-order chi connectivity index (χ1) is 8.95. The maximum absolute atomic E-state index is 13.0. The van der Waals surface area contributed by atoms with Crippen molar-refractivity contribution in [2.75, 3.05) is 5.32 Å². The first-order valence-corrected chi connectivity index (χ1v) is 6.04. The minimum Gasteiger partial charge on any atom is -0.381 e. The lowest BCUT2D eigenvalue weighted by Crippen LogP contribution is -2.02. The van der Waals surface area contributed by atoms with Crippen LogP contribution in [-0.4, -0.2) is 0 Å². The van der Waals surface area contributed by atoms with Crippen molar-refractivity contribution in [3.05, 3.63) is 63.4 Å². The summed E-state index contributed by atoms with van der Waals surface area (Å²) >= 11 is 11.6. The van der Waals surface area contributed by atoms with Gasteiger partial charge in [0.1, 0.15) is 0 Å². The Bertz CT molecular complexity index is 574. The van der Waals surface area contributed by atoms with Gasteiger partial charge < -0.3 is 5.32 Å². The minimum atomic E-state index is -1.49. The summed E-state index contributed by atoms with van der Waals surface area (Å²) in [5, 5.41) is 3.68. The molecule has 0 unspecified atom stereocenters. The van der Waals surface area contributed by atoms with Crippen LogP contribution >= 0.6 is 23.2 Å². The van der Waals surface area contributed by atoms with Crippen LogP contribution in [0.1, 0.15) is 5.56 Å². The van der Waals surface area contributed by atoms with Crippen molar-refractivity contribution >= 4 is 28.9 Å². The van der Waals surface area contributed by atoms with Gasteiger partial charge in [-0.2, -0.15) is 0 Å². The normalized spacial score (nSPS) is 10.6. The van der Waals surface area contributed by atoms with E-state index in [1.165, 1.54) is 0 Å². The summed E-state index contributed by atoms with van der Waals surface area (Å²) < 4.78 is 38.8. The van der Waals surface area contributed by atoms with E-state index in [9.17, 15) is 13.2 Å². The van der Waals surface area contributed by atoms with Crippen LogP contribution in [-0.2, 0) is 6.54 Å². The van der Waals surface area contributed by atoms with E-state index in [1.54, 1.807) is 18.2 Å². The average molecular weight is 306 g/mol. The Morgan fingerprint density at radius 1 is 0.842 bits per heavy atom. The van der Waals surface area contributed by atoms with Crippen LogP contribution < -0.4 is 5.32 Å². The number of nitrogens with one attached hydrogen (secondary N) is 1. The van der Waals surface area contributed by atoms with Crippen LogP contribution in [0.15, 0.2) is 30.3 Å². The molecule has 100 valence electrons. The van der Waals surface area contributed by atoms with Crippen LogP contribution in [0.2, 0.25) is 10.0 Å². The van der Waals surface area contributed by atoms with E-state index >= 15 is 0 Å². The predicted octanol–water partition coefficient (Wildman–Crippen LogP) is 5.02. The molecular formula is C13H8Cl2F3N. The SMILES string of the molecule is Fc1cc(NCc2cc(Cl)cc(Cl)c2)cc(F)c1F. The molecule has 1 nitrogen and oxygen atoms in total. The highest BCUT2D eigenvalue weighted by Gasteiger charge is 2.10. The maximum atomic E-state index is 13.0. The fourth-order valence-electron chi connectivity index (χ4n) is 1.57. The van der Waals surface area contributed by atoms with Crippen LogP contribution in [0, 0.1) is 17.5 Å². The highest BCUT2D eigenvalue weighted by molar-refractivity contribution is 6.34. The Morgan fingerprint density at radius 2 is 1.37 bits per heavy atom. The summed E-state index contributed by atoms with van der Waals surface area (Å²) in [4.78, 5) is 0. The van der Waals surface area contributed by atoms with Gasteiger partial charge in [-0.15, -0.1) is 0 Å². The molecule has 2 aromatic carbocycles. The Labute approximate surface area is 118 Å². The molecule has 0 fully saturated rings. The first-order valence-electron chi connectivity index (χ1n) is 5.29. The number of hydrogen-bond donors (Lipinski definition) is 1. The zero-order chi connectivity index (χ0) is 14.0. The van der Waals surface area contributed by atoms with Gasteiger partial charge in [-0.25, -0.2) is 13.2 Å². The summed E-state index contributed by atoms with van der Waals surface area (Å²) in [6.45, 7) is 0.255. The molecule has 0 heterocycles. The van der Waals surface area contributed by atoms with E-state index in [4.69, 9.17) is 23.2 Å². The second-order valence-corrected chi connectivity index (χ2v) is 4.76. The van der Waals surface area contributed by atoms with E-state index in [-0.39, 0.29) is 12.2 Å². The largest absolute Gasteiger partial charge is 0.381 e. The molecular weight excluding hydrogens is 298 g/mol. The second kappa shape index (κ2) is 5.72. The standard InChI is InChI=1S/C13H8Cl2F3N/c14-8-1-7(2-9(15)3-8)6-19-10-4-11(16)13(18)12(17)5-10/h1-5,19H,6H2. The summed E-state index contributed by atoms with van der Waals surface area (Å²) in [5.74, 6) is -3.98. The van der Waals surface area contributed by atoms with Gasteiger partial charge in [0.15, 0.2) is 17.5 Å². The number of halogens is 5. The summed E-state index contributed by atoms with van der Waals surface area (Å²) in [6.07, 6.45) is 0. The van der Waals surface area contributed by atoms with Gasteiger partial charge in [-0.05, 0) is 23.8 Å². The molecule has 0 atom stereocenters. The summed E-state index contributed by atoms with van der Waals surface area (Å²) in [7, 11) is 0. The van der Waals surface area contributed by atoms with Gasteiger partial charge in [0.25, 0.3) is 0 Å². The maximum Gasteiger partial charge on any atom is 0.194 e. The number of hydrogen-bond acceptors (Lipinski definition) is 1. The lowest BCUT2D eigenvalue weighted by Gasteiger charge is -2.08.